The third-order valence-electron chi connectivity index (χ3n) is 6.95. The Morgan fingerprint density at radius 1 is 0.412 bits per heavy atom. The molecule has 0 saturated carbocycles. The zero-order valence-corrected chi connectivity index (χ0v) is 21.5. The molecule has 34 heavy (non-hydrogen) atoms. The Hall–Kier alpha value is -3.52. The summed E-state index contributed by atoms with van der Waals surface area (Å²) in [6, 6.07) is 16.8. The number of phenolic OH excluding ortho intramolecular Hbond substituents is 2. The Kier molecular flexibility index (Phi) is 6.03. The number of rotatable bonds is 3. The smallest absolute Gasteiger partial charge is 0.131 e. The van der Waals surface area contributed by atoms with E-state index in [9.17, 15) is 10.2 Å². The summed E-state index contributed by atoms with van der Waals surface area (Å²) in [5, 5.41) is 23.3. The molecule has 0 spiro atoms. The fraction of sp³-hybridized carbons (Fsp3) is 0.250. The third kappa shape index (κ3) is 4.09. The maximum absolute atomic E-state index is 11.7. The molecule has 2 N–H and O–H groups in total. The number of phenols is 2. The van der Waals surface area contributed by atoms with Crippen LogP contribution in [0, 0.1) is 55.4 Å². The summed E-state index contributed by atoms with van der Waals surface area (Å²) in [5.74, 6) is 0.423. The first kappa shape index (κ1) is 23.6. The predicted octanol–water partition coefficient (Wildman–Crippen LogP) is 8.57. The van der Waals surface area contributed by atoms with Gasteiger partial charge >= 0.3 is 0 Å². The lowest BCUT2D eigenvalue weighted by Crippen LogP contribution is -1.98. The van der Waals surface area contributed by atoms with Crippen LogP contribution in [0.5, 0.6) is 11.5 Å². The van der Waals surface area contributed by atoms with E-state index < -0.39 is 0 Å². The van der Waals surface area contributed by atoms with Crippen LogP contribution in [0.15, 0.2) is 48.5 Å². The summed E-state index contributed by atoms with van der Waals surface area (Å²) in [7, 11) is 0. The molecule has 0 unspecified atom stereocenters. The summed E-state index contributed by atoms with van der Waals surface area (Å²) >= 11 is 0. The van der Waals surface area contributed by atoms with Crippen molar-refractivity contribution in [1.29, 1.82) is 0 Å². The predicted molar refractivity (Wildman–Crippen MR) is 144 cm³/mol. The molecule has 0 amide bonds. The molecule has 0 atom stereocenters. The van der Waals surface area contributed by atoms with E-state index in [-0.39, 0.29) is 11.5 Å². The molecule has 0 radical (unpaired) electrons. The minimum absolute atomic E-state index is 0.212. The fourth-order valence-corrected chi connectivity index (χ4v) is 5.12. The molecule has 4 aromatic rings. The molecule has 0 aromatic heterocycles. The normalized spacial score (nSPS) is 11.2. The van der Waals surface area contributed by atoms with E-state index in [4.69, 9.17) is 0 Å². The second-order valence-electron chi connectivity index (χ2n) is 9.93. The maximum atomic E-state index is 11.7. The summed E-state index contributed by atoms with van der Waals surface area (Å²) in [4.78, 5) is 0. The van der Waals surface area contributed by atoms with Crippen LogP contribution < -0.4 is 0 Å². The zero-order chi connectivity index (χ0) is 24.9. The number of aromatic hydroxyl groups is 2. The summed E-state index contributed by atoms with van der Waals surface area (Å²) in [6.45, 7) is 16.5. The Morgan fingerprint density at radius 3 is 1.00 bits per heavy atom. The lowest BCUT2D eigenvalue weighted by atomic mass is 9.84. The SMILES string of the molecule is Cc1cc(C)cc(-c2cc(C)c(C)c(-c3c(C)c(C)cc(-c4cc(C)cc(C)c4)c3O)c2O)c1. The van der Waals surface area contributed by atoms with Crippen molar-refractivity contribution in [2.45, 2.75) is 55.4 Å². The fourth-order valence-electron chi connectivity index (χ4n) is 5.12. The summed E-state index contributed by atoms with van der Waals surface area (Å²) in [5.41, 5.74) is 13.7. The molecule has 4 rings (SSSR count). The largest absolute Gasteiger partial charge is 0.507 e. The molecule has 0 aliphatic carbocycles. The lowest BCUT2D eigenvalue weighted by Gasteiger charge is -2.22. The minimum Gasteiger partial charge on any atom is -0.507 e. The van der Waals surface area contributed by atoms with Crippen LogP contribution in [0.25, 0.3) is 33.4 Å². The van der Waals surface area contributed by atoms with Crippen LogP contribution in [0.1, 0.15) is 44.5 Å². The van der Waals surface area contributed by atoms with Gasteiger partial charge in [0.2, 0.25) is 0 Å². The molecule has 0 aliphatic heterocycles. The molecule has 4 aromatic carbocycles. The van der Waals surface area contributed by atoms with Crippen LogP contribution in [0.4, 0.5) is 0 Å². The van der Waals surface area contributed by atoms with E-state index in [2.05, 4.69) is 90.1 Å². The van der Waals surface area contributed by atoms with Gasteiger partial charge in [0.25, 0.3) is 0 Å². The summed E-state index contributed by atoms with van der Waals surface area (Å²) in [6.07, 6.45) is 0. The van der Waals surface area contributed by atoms with Crippen molar-refractivity contribution in [1.82, 2.24) is 0 Å². The third-order valence-corrected chi connectivity index (χ3v) is 6.95. The highest BCUT2D eigenvalue weighted by molar-refractivity contribution is 5.93. The number of aryl methyl sites for hydroxylation is 6. The highest BCUT2D eigenvalue weighted by atomic mass is 16.3. The highest BCUT2D eigenvalue weighted by Crippen LogP contribution is 2.49. The Balaban J connectivity index is 2.07. The Bertz CT molecular complexity index is 1290. The van der Waals surface area contributed by atoms with Gasteiger partial charge in [0.05, 0.1) is 0 Å². The van der Waals surface area contributed by atoms with E-state index in [1.807, 2.05) is 13.8 Å². The zero-order valence-electron chi connectivity index (χ0n) is 21.5. The van der Waals surface area contributed by atoms with Crippen LogP contribution in [-0.2, 0) is 0 Å². The van der Waals surface area contributed by atoms with Crippen molar-refractivity contribution in [3.8, 4) is 44.9 Å². The van der Waals surface area contributed by atoms with E-state index in [1.54, 1.807) is 0 Å². The van der Waals surface area contributed by atoms with Crippen molar-refractivity contribution >= 4 is 0 Å². The topological polar surface area (TPSA) is 40.5 Å². The number of hydrogen-bond donors (Lipinski definition) is 2. The van der Waals surface area contributed by atoms with Crippen LogP contribution in [0.3, 0.4) is 0 Å². The Morgan fingerprint density at radius 2 is 0.706 bits per heavy atom. The minimum atomic E-state index is 0.212. The van der Waals surface area contributed by atoms with E-state index in [0.29, 0.717) is 11.1 Å². The maximum Gasteiger partial charge on any atom is 0.131 e. The molecule has 2 nitrogen and oxygen atoms in total. The van der Waals surface area contributed by atoms with Gasteiger partial charge < -0.3 is 10.2 Å². The van der Waals surface area contributed by atoms with Crippen molar-refractivity contribution in [2.24, 2.45) is 0 Å². The van der Waals surface area contributed by atoms with Crippen molar-refractivity contribution in [3.05, 3.63) is 93.0 Å². The van der Waals surface area contributed by atoms with Gasteiger partial charge in [0.1, 0.15) is 11.5 Å². The van der Waals surface area contributed by atoms with Crippen LogP contribution >= 0.6 is 0 Å². The highest BCUT2D eigenvalue weighted by Gasteiger charge is 2.23. The van der Waals surface area contributed by atoms with Gasteiger partial charge in [0.15, 0.2) is 0 Å². The van der Waals surface area contributed by atoms with Crippen LogP contribution in [0.2, 0.25) is 0 Å². The number of benzene rings is 4. The lowest BCUT2D eigenvalue weighted by molar-refractivity contribution is 0.470. The van der Waals surface area contributed by atoms with Gasteiger partial charge in [-0.25, -0.2) is 0 Å². The molecule has 0 saturated heterocycles. The summed E-state index contributed by atoms with van der Waals surface area (Å²) < 4.78 is 0. The average molecular weight is 451 g/mol. The molecule has 0 bridgehead atoms. The van der Waals surface area contributed by atoms with Gasteiger partial charge in [0, 0.05) is 22.3 Å². The first-order valence-corrected chi connectivity index (χ1v) is 11.8. The van der Waals surface area contributed by atoms with Gasteiger partial charge in [-0.05, 0) is 101 Å². The van der Waals surface area contributed by atoms with Gasteiger partial charge in [-0.2, -0.15) is 0 Å². The molecule has 2 heteroatoms. The molecular formula is C32H34O2. The van der Waals surface area contributed by atoms with E-state index in [1.165, 1.54) is 0 Å². The monoisotopic (exact) mass is 450 g/mol. The first-order valence-electron chi connectivity index (χ1n) is 11.8. The molecule has 0 fully saturated rings. The van der Waals surface area contributed by atoms with E-state index in [0.717, 1.165) is 66.8 Å². The van der Waals surface area contributed by atoms with Gasteiger partial charge in [-0.15, -0.1) is 0 Å². The molecule has 0 aliphatic rings. The van der Waals surface area contributed by atoms with Crippen molar-refractivity contribution in [3.63, 3.8) is 0 Å². The molecular weight excluding hydrogens is 416 g/mol. The Labute approximate surface area is 203 Å². The van der Waals surface area contributed by atoms with Crippen LogP contribution in [-0.4, -0.2) is 10.2 Å². The second-order valence-corrected chi connectivity index (χ2v) is 9.93. The second kappa shape index (κ2) is 8.68. The molecule has 0 heterocycles. The average Bonchev–Trinajstić information content (AvgIpc) is 2.74. The van der Waals surface area contributed by atoms with Crippen molar-refractivity contribution in [2.75, 3.05) is 0 Å². The quantitative estimate of drug-likeness (QED) is 0.328. The van der Waals surface area contributed by atoms with E-state index >= 15 is 0 Å². The number of hydrogen-bond acceptors (Lipinski definition) is 2. The first-order chi connectivity index (χ1) is 16.0. The van der Waals surface area contributed by atoms with Crippen molar-refractivity contribution < 1.29 is 10.2 Å². The molecule has 174 valence electrons. The van der Waals surface area contributed by atoms with Gasteiger partial charge in [-0.3, -0.25) is 0 Å². The van der Waals surface area contributed by atoms with Gasteiger partial charge in [-0.1, -0.05) is 58.7 Å². The standard InChI is InChI=1S/C32H34O2/c1-17-9-18(2)12-25(11-17)27-15-21(5)23(7)29(31(27)33)30-24(8)22(6)16-28(32(30)34)26-13-19(3)10-20(4)14-26/h9-16,33-34H,1-8H3.